The molecular formula is C21H29N3O4. The zero-order valence-electron chi connectivity index (χ0n) is 16.9. The molecule has 0 amide bonds. The van der Waals surface area contributed by atoms with Gasteiger partial charge in [0.1, 0.15) is 17.6 Å². The maximum absolute atomic E-state index is 10.0. The number of benzene rings is 2. The van der Waals surface area contributed by atoms with E-state index >= 15 is 0 Å². The van der Waals surface area contributed by atoms with E-state index in [1.165, 1.54) is 0 Å². The summed E-state index contributed by atoms with van der Waals surface area (Å²) in [6.45, 7) is 5.55. The summed E-state index contributed by atoms with van der Waals surface area (Å²) in [6.07, 6.45) is -0.106. The van der Waals surface area contributed by atoms with Crippen LogP contribution in [0, 0.1) is 0 Å². The average molecular weight is 387 g/mol. The second kappa shape index (κ2) is 10.9. The SMILES string of the molecule is CCNC(=NCc1cc(OC)ccc1O)NCC(C)Oc1ccccc1OC. The van der Waals surface area contributed by atoms with E-state index in [2.05, 4.69) is 15.6 Å². The second-order valence-electron chi connectivity index (χ2n) is 6.15. The third kappa shape index (κ3) is 6.26. The summed E-state index contributed by atoms with van der Waals surface area (Å²) in [6, 6.07) is 12.6. The predicted molar refractivity (Wildman–Crippen MR) is 111 cm³/mol. The Hall–Kier alpha value is -3.09. The molecule has 2 aromatic carbocycles. The van der Waals surface area contributed by atoms with E-state index in [1.54, 1.807) is 32.4 Å². The van der Waals surface area contributed by atoms with E-state index in [4.69, 9.17) is 14.2 Å². The van der Waals surface area contributed by atoms with Crippen molar-refractivity contribution < 1.29 is 19.3 Å². The van der Waals surface area contributed by atoms with Crippen molar-refractivity contribution in [2.45, 2.75) is 26.5 Å². The van der Waals surface area contributed by atoms with Crippen LogP contribution in [0.15, 0.2) is 47.5 Å². The van der Waals surface area contributed by atoms with E-state index < -0.39 is 0 Å². The molecule has 0 aliphatic rings. The summed E-state index contributed by atoms with van der Waals surface area (Å²) in [4.78, 5) is 4.53. The molecule has 28 heavy (non-hydrogen) atoms. The first-order valence-electron chi connectivity index (χ1n) is 9.25. The van der Waals surface area contributed by atoms with Crippen LogP contribution in [0.5, 0.6) is 23.0 Å². The summed E-state index contributed by atoms with van der Waals surface area (Å²) in [7, 11) is 3.21. The van der Waals surface area contributed by atoms with E-state index in [9.17, 15) is 5.11 Å². The van der Waals surface area contributed by atoms with Gasteiger partial charge in [0, 0.05) is 12.1 Å². The molecule has 0 heterocycles. The van der Waals surface area contributed by atoms with Gasteiger partial charge in [-0.25, -0.2) is 4.99 Å². The van der Waals surface area contributed by atoms with E-state index in [-0.39, 0.29) is 11.9 Å². The molecule has 152 valence electrons. The first-order valence-corrected chi connectivity index (χ1v) is 9.25. The summed E-state index contributed by atoms with van der Waals surface area (Å²) in [5, 5.41) is 16.5. The molecule has 0 aliphatic heterocycles. The Bertz CT molecular complexity index is 780. The van der Waals surface area contributed by atoms with Gasteiger partial charge in [0.2, 0.25) is 0 Å². The molecule has 0 spiro atoms. The minimum absolute atomic E-state index is 0.106. The number of hydrogen-bond acceptors (Lipinski definition) is 5. The first kappa shape index (κ1) is 21.2. The van der Waals surface area contributed by atoms with Gasteiger partial charge in [-0.2, -0.15) is 0 Å². The molecule has 3 N–H and O–H groups in total. The van der Waals surface area contributed by atoms with Gasteiger partial charge in [0.25, 0.3) is 0 Å². The molecule has 0 aliphatic carbocycles. The fourth-order valence-electron chi connectivity index (χ4n) is 2.54. The van der Waals surface area contributed by atoms with Crippen LogP contribution in [0.1, 0.15) is 19.4 Å². The molecule has 7 nitrogen and oxygen atoms in total. The quantitative estimate of drug-likeness (QED) is 0.453. The van der Waals surface area contributed by atoms with Crippen molar-refractivity contribution in [3.8, 4) is 23.0 Å². The van der Waals surface area contributed by atoms with Crippen LogP contribution in [0.25, 0.3) is 0 Å². The smallest absolute Gasteiger partial charge is 0.191 e. The summed E-state index contributed by atoms with van der Waals surface area (Å²) >= 11 is 0. The zero-order chi connectivity index (χ0) is 20.4. The number of aromatic hydroxyl groups is 1. The Morgan fingerprint density at radius 1 is 1.07 bits per heavy atom. The third-order valence-corrected chi connectivity index (χ3v) is 3.99. The zero-order valence-corrected chi connectivity index (χ0v) is 16.9. The van der Waals surface area contributed by atoms with Gasteiger partial charge in [-0.05, 0) is 44.2 Å². The molecule has 0 radical (unpaired) electrons. The number of guanidine groups is 1. The number of phenols is 1. The van der Waals surface area contributed by atoms with Gasteiger partial charge in [-0.3, -0.25) is 0 Å². The molecule has 0 saturated carbocycles. The number of nitrogens with zero attached hydrogens (tertiary/aromatic N) is 1. The molecule has 2 rings (SSSR count). The predicted octanol–water partition coefficient (Wildman–Crippen LogP) is 2.93. The van der Waals surface area contributed by atoms with Crippen LogP contribution in [-0.4, -0.2) is 44.5 Å². The first-order chi connectivity index (χ1) is 13.6. The number of ether oxygens (including phenoxy) is 3. The fraction of sp³-hybridized carbons (Fsp3) is 0.381. The molecule has 0 saturated heterocycles. The summed E-state index contributed by atoms with van der Waals surface area (Å²) < 4.78 is 16.5. The monoisotopic (exact) mass is 387 g/mol. The van der Waals surface area contributed by atoms with Gasteiger partial charge in [0.15, 0.2) is 17.5 Å². The Morgan fingerprint density at radius 3 is 2.50 bits per heavy atom. The molecule has 0 bridgehead atoms. The highest BCUT2D eigenvalue weighted by atomic mass is 16.5. The van der Waals surface area contributed by atoms with Crippen molar-refractivity contribution >= 4 is 5.96 Å². The van der Waals surface area contributed by atoms with Crippen molar-refractivity contribution in [3.63, 3.8) is 0 Å². The average Bonchev–Trinajstić information content (AvgIpc) is 2.71. The minimum atomic E-state index is -0.106. The van der Waals surface area contributed by atoms with Crippen LogP contribution in [0.4, 0.5) is 0 Å². The largest absolute Gasteiger partial charge is 0.508 e. The molecular weight excluding hydrogens is 358 g/mol. The van der Waals surface area contributed by atoms with E-state index in [1.807, 2.05) is 38.1 Å². The highest BCUT2D eigenvalue weighted by Gasteiger charge is 2.10. The fourth-order valence-corrected chi connectivity index (χ4v) is 2.54. The summed E-state index contributed by atoms with van der Waals surface area (Å²) in [5.74, 6) is 2.90. The second-order valence-corrected chi connectivity index (χ2v) is 6.15. The lowest BCUT2D eigenvalue weighted by Gasteiger charge is -2.19. The number of hydrogen-bond donors (Lipinski definition) is 3. The lowest BCUT2D eigenvalue weighted by molar-refractivity contribution is 0.213. The van der Waals surface area contributed by atoms with E-state index in [0.717, 1.165) is 6.54 Å². The van der Waals surface area contributed by atoms with Crippen molar-refractivity contribution in [2.24, 2.45) is 4.99 Å². The van der Waals surface area contributed by atoms with Crippen molar-refractivity contribution in [1.82, 2.24) is 10.6 Å². The molecule has 0 fully saturated rings. The number of methoxy groups -OCH3 is 2. The molecule has 1 unspecified atom stereocenters. The van der Waals surface area contributed by atoms with Gasteiger partial charge in [-0.15, -0.1) is 0 Å². The molecule has 7 heteroatoms. The highest BCUT2D eigenvalue weighted by molar-refractivity contribution is 5.79. The Morgan fingerprint density at radius 2 is 1.82 bits per heavy atom. The number of para-hydroxylation sites is 2. The molecule has 2 aromatic rings. The highest BCUT2D eigenvalue weighted by Crippen LogP contribution is 2.26. The van der Waals surface area contributed by atoms with Crippen LogP contribution in [-0.2, 0) is 6.54 Å². The van der Waals surface area contributed by atoms with Crippen LogP contribution in [0.3, 0.4) is 0 Å². The summed E-state index contributed by atoms with van der Waals surface area (Å²) in [5.41, 5.74) is 0.690. The van der Waals surface area contributed by atoms with Crippen LogP contribution >= 0.6 is 0 Å². The normalized spacial score (nSPS) is 12.2. The Labute approximate surface area is 166 Å². The maximum atomic E-state index is 10.0. The van der Waals surface area contributed by atoms with E-state index in [0.29, 0.717) is 41.9 Å². The lowest BCUT2D eigenvalue weighted by Crippen LogP contribution is -2.41. The van der Waals surface area contributed by atoms with Crippen molar-refractivity contribution in [2.75, 3.05) is 27.3 Å². The lowest BCUT2D eigenvalue weighted by atomic mass is 10.2. The maximum Gasteiger partial charge on any atom is 0.191 e. The van der Waals surface area contributed by atoms with Gasteiger partial charge in [0.05, 0.1) is 27.3 Å². The standard InChI is InChI=1S/C21H29N3O4/c1-5-22-21(24-14-16-12-17(26-3)10-11-18(16)25)23-13-15(2)28-20-9-7-6-8-19(20)27-4/h6-12,15,25H,5,13-14H2,1-4H3,(H2,22,23,24). The number of phenolic OH excluding ortho intramolecular Hbond substituents is 1. The third-order valence-electron chi connectivity index (χ3n) is 3.99. The number of aliphatic imine (C=N–C) groups is 1. The number of nitrogens with one attached hydrogen (secondary N) is 2. The van der Waals surface area contributed by atoms with Gasteiger partial charge < -0.3 is 30.0 Å². The molecule has 1 atom stereocenters. The topological polar surface area (TPSA) is 84.3 Å². The molecule has 0 aromatic heterocycles. The Kier molecular flexibility index (Phi) is 8.27. The van der Waals surface area contributed by atoms with Gasteiger partial charge >= 0.3 is 0 Å². The Balaban J connectivity index is 1.97. The van der Waals surface area contributed by atoms with Crippen molar-refractivity contribution in [3.05, 3.63) is 48.0 Å². The van der Waals surface area contributed by atoms with Crippen LogP contribution in [0.2, 0.25) is 0 Å². The number of rotatable bonds is 9. The van der Waals surface area contributed by atoms with Crippen molar-refractivity contribution in [1.29, 1.82) is 0 Å². The van der Waals surface area contributed by atoms with Gasteiger partial charge in [-0.1, -0.05) is 12.1 Å². The van der Waals surface area contributed by atoms with Crippen LogP contribution < -0.4 is 24.8 Å². The minimum Gasteiger partial charge on any atom is -0.508 e.